The predicted octanol–water partition coefficient (Wildman–Crippen LogP) is 1.15. The fourth-order valence-electron chi connectivity index (χ4n) is 1.11. The van der Waals surface area contributed by atoms with Crippen LogP contribution in [-0.2, 0) is 0 Å². The van der Waals surface area contributed by atoms with Crippen LogP contribution in [0, 0.1) is 0 Å². The van der Waals surface area contributed by atoms with E-state index in [0.29, 0.717) is 5.75 Å². The standard InChI is InChI=1S/C11H17NO2S/c1-8(12)9-2-4-11(5-3-9)15-7-10(14)6-13/h2-5,8,10,13-14H,6-7,12H2,1H3/t8-,10?/m1/s1. The van der Waals surface area contributed by atoms with Crippen molar-refractivity contribution in [3.63, 3.8) is 0 Å². The molecule has 84 valence electrons. The summed E-state index contributed by atoms with van der Waals surface area (Å²) in [5, 5.41) is 17.8. The Bertz CT molecular complexity index is 287. The lowest BCUT2D eigenvalue weighted by molar-refractivity contribution is 0.113. The van der Waals surface area contributed by atoms with E-state index in [9.17, 15) is 5.11 Å². The summed E-state index contributed by atoms with van der Waals surface area (Å²) in [5.41, 5.74) is 6.83. The molecular formula is C11H17NO2S. The first-order valence-corrected chi connectivity index (χ1v) is 5.89. The Kier molecular flexibility index (Phi) is 5.11. The molecule has 0 amide bonds. The van der Waals surface area contributed by atoms with E-state index in [1.165, 1.54) is 11.8 Å². The molecule has 4 N–H and O–H groups in total. The molecule has 15 heavy (non-hydrogen) atoms. The van der Waals surface area contributed by atoms with Crippen molar-refractivity contribution in [1.29, 1.82) is 0 Å². The maximum atomic E-state index is 9.17. The van der Waals surface area contributed by atoms with Gasteiger partial charge < -0.3 is 15.9 Å². The number of aliphatic hydroxyl groups is 2. The van der Waals surface area contributed by atoms with Gasteiger partial charge in [-0.2, -0.15) is 0 Å². The molecule has 0 aliphatic carbocycles. The minimum absolute atomic E-state index is 0.0482. The van der Waals surface area contributed by atoms with E-state index in [-0.39, 0.29) is 12.6 Å². The molecule has 1 rings (SSSR count). The highest BCUT2D eigenvalue weighted by molar-refractivity contribution is 7.99. The first-order chi connectivity index (χ1) is 7.13. The van der Waals surface area contributed by atoms with Gasteiger partial charge in [-0.3, -0.25) is 0 Å². The molecule has 0 fully saturated rings. The summed E-state index contributed by atoms with van der Waals surface area (Å²) < 4.78 is 0. The van der Waals surface area contributed by atoms with Crippen molar-refractivity contribution in [3.05, 3.63) is 29.8 Å². The number of thioether (sulfide) groups is 1. The van der Waals surface area contributed by atoms with Crippen LogP contribution in [0.25, 0.3) is 0 Å². The molecule has 0 radical (unpaired) electrons. The summed E-state index contributed by atoms with van der Waals surface area (Å²) in [6.45, 7) is 1.75. The van der Waals surface area contributed by atoms with Crippen molar-refractivity contribution in [2.75, 3.05) is 12.4 Å². The molecular weight excluding hydrogens is 210 g/mol. The molecule has 0 bridgehead atoms. The molecule has 0 aliphatic heterocycles. The Labute approximate surface area is 94.3 Å². The Balaban J connectivity index is 2.50. The van der Waals surface area contributed by atoms with Gasteiger partial charge in [0.2, 0.25) is 0 Å². The second-order valence-corrected chi connectivity index (χ2v) is 4.60. The van der Waals surface area contributed by atoms with E-state index >= 15 is 0 Å². The fraction of sp³-hybridized carbons (Fsp3) is 0.455. The van der Waals surface area contributed by atoms with Gasteiger partial charge in [-0.05, 0) is 24.6 Å². The Morgan fingerprint density at radius 3 is 2.40 bits per heavy atom. The van der Waals surface area contributed by atoms with E-state index in [0.717, 1.165) is 10.5 Å². The first kappa shape index (κ1) is 12.5. The zero-order chi connectivity index (χ0) is 11.3. The van der Waals surface area contributed by atoms with Crippen LogP contribution in [0.4, 0.5) is 0 Å². The second-order valence-electron chi connectivity index (χ2n) is 3.51. The van der Waals surface area contributed by atoms with Crippen LogP contribution in [0.15, 0.2) is 29.2 Å². The highest BCUT2D eigenvalue weighted by Crippen LogP contribution is 2.20. The summed E-state index contributed by atoms with van der Waals surface area (Å²) in [6, 6.07) is 7.98. The SMILES string of the molecule is C[C@@H](N)c1ccc(SCC(O)CO)cc1. The van der Waals surface area contributed by atoms with E-state index in [1.807, 2.05) is 31.2 Å². The lowest BCUT2D eigenvalue weighted by Crippen LogP contribution is -2.14. The Morgan fingerprint density at radius 2 is 1.93 bits per heavy atom. The normalized spacial score (nSPS) is 14.9. The molecule has 1 aromatic rings. The van der Waals surface area contributed by atoms with Gasteiger partial charge >= 0.3 is 0 Å². The van der Waals surface area contributed by atoms with Gasteiger partial charge in [-0.15, -0.1) is 11.8 Å². The largest absolute Gasteiger partial charge is 0.394 e. The van der Waals surface area contributed by atoms with Crippen molar-refractivity contribution < 1.29 is 10.2 Å². The van der Waals surface area contributed by atoms with Crippen molar-refractivity contribution >= 4 is 11.8 Å². The number of benzene rings is 1. The monoisotopic (exact) mass is 227 g/mol. The minimum Gasteiger partial charge on any atom is -0.394 e. The highest BCUT2D eigenvalue weighted by atomic mass is 32.2. The van der Waals surface area contributed by atoms with Gasteiger partial charge in [0.15, 0.2) is 0 Å². The van der Waals surface area contributed by atoms with Crippen LogP contribution in [0.5, 0.6) is 0 Å². The summed E-state index contributed by atoms with van der Waals surface area (Å²) in [6.07, 6.45) is -0.650. The molecule has 0 saturated heterocycles. The molecule has 0 saturated carbocycles. The lowest BCUT2D eigenvalue weighted by atomic mass is 10.1. The average molecular weight is 227 g/mol. The smallest absolute Gasteiger partial charge is 0.0864 e. The Morgan fingerprint density at radius 1 is 1.33 bits per heavy atom. The number of nitrogens with two attached hydrogens (primary N) is 1. The number of hydrogen-bond donors (Lipinski definition) is 3. The van der Waals surface area contributed by atoms with Gasteiger partial charge in [-0.25, -0.2) is 0 Å². The zero-order valence-corrected chi connectivity index (χ0v) is 9.57. The van der Waals surface area contributed by atoms with E-state index in [2.05, 4.69) is 0 Å². The van der Waals surface area contributed by atoms with Gasteiger partial charge in [0.25, 0.3) is 0 Å². The molecule has 0 spiro atoms. The quantitative estimate of drug-likeness (QED) is 0.660. The maximum absolute atomic E-state index is 9.17. The minimum atomic E-state index is -0.650. The van der Waals surface area contributed by atoms with Crippen molar-refractivity contribution in [3.8, 4) is 0 Å². The predicted molar refractivity (Wildman–Crippen MR) is 62.9 cm³/mol. The topological polar surface area (TPSA) is 66.5 Å². The van der Waals surface area contributed by atoms with Gasteiger partial charge in [0.05, 0.1) is 12.7 Å². The number of rotatable bonds is 5. The van der Waals surface area contributed by atoms with Crippen molar-refractivity contribution in [2.24, 2.45) is 5.73 Å². The number of hydrogen-bond acceptors (Lipinski definition) is 4. The van der Waals surface area contributed by atoms with Gasteiger partial charge in [0, 0.05) is 16.7 Å². The summed E-state index contributed by atoms with van der Waals surface area (Å²) in [5.74, 6) is 0.508. The van der Waals surface area contributed by atoms with Crippen LogP contribution >= 0.6 is 11.8 Å². The molecule has 0 aliphatic rings. The molecule has 4 heteroatoms. The van der Waals surface area contributed by atoms with Crippen LogP contribution in [0.1, 0.15) is 18.5 Å². The average Bonchev–Trinajstić information content (AvgIpc) is 2.26. The molecule has 1 aromatic carbocycles. The molecule has 0 heterocycles. The third-order valence-corrected chi connectivity index (χ3v) is 3.22. The zero-order valence-electron chi connectivity index (χ0n) is 8.76. The van der Waals surface area contributed by atoms with E-state index < -0.39 is 6.10 Å². The second kappa shape index (κ2) is 6.12. The van der Waals surface area contributed by atoms with Crippen LogP contribution in [0.2, 0.25) is 0 Å². The molecule has 1 unspecified atom stereocenters. The van der Waals surface area contributed by atoms with Crippen LogP contribution in [0.3, 0.4) is 0 Å². The first-order valence-electron chi connectivity index (χ1n) is 4.90. The summed E-state index contributed by atoms with van der Waals surface area (Å²) >= 11 is 1.52. The highest BCUT2D eigenvalue weighted by Gasteiger charge is 2.03. The van der Waals surface area contributed by atoms with E-state index in [1.54, 1.807) is 0 Å². The lowest BCUT2D eigenvalue weighted by Gasteiger charge is -2.08. The third kappa shape index (κ3) is 4.22. The summed E-state index contributed by atoms with van der Waals surface area (Å²) in [7, 11) is 0. The third-order valence-electron chi connectivity index (χ3n) is 2.06. The van der Waals surface area contributed by atoms with Crippen molar-refractivity contribution in [2.45, 2.75) is 24.0 Å². The molecule has 3 nitrogen and oxygen atoms in total. The van der Waals surface area contributed by atoms with Gasteiger partial charge in [-0.1, -0.05) is 12.1 Å². The van der Waals surface area contributed by atoms with Crippen LogP contribution in [-0.4, -0.2) is 28.7 Å². The Hall–Kier alpha value is -0.550. The van der Waals surface area contributed by atoms with Crippen LogP contribution < -0.4 is 5.73 Å². The molecule has 2 atom stereocenters. The van der Waals surface area contributed by atoms with Crippen molar-refractivity contribution in [1.82, 2.24) is 0 Å². The molecule has 0 aromatic heterocycles. The van der Waals surface area contributed by atoms with Gasteiger partial charge in [0.1, 0.15) is 0 Å². The maximum Gasteiger partial charge on any atom is 0.0864 e. The van der Waals surface area contributed by atoms with E-state index in [4.69, 9.17) is 10.8 Å². The number of aliphatic hydroxyl groups excluding tert-OH is 2. The summed E-state index contributed by atoms with van der Waals surface area (Å²) in [4.78, 5) is 1.08. The fourth-order valence-corrected chi connectivity index (χ4v) is 1.93.